The van der Waals surface area contributed by atoms with Gasteiger partial charge in [-0.25, -0.2) is 4.98 Å². The van der Waals surface area contributed by atoms with Crippen molar-refractivity contribution in [1.82, 2.24) is 4.98 Å². The molecule has 1 aromatic carbocycles. The number of rotatable bonds is 3. The molecule has 0 fully saturated rings. The Morgan fingerprint density at radius 2 is 2.24 bits per heavy atom. The fourth-order valence-corrected chi connectivity index (χ4v) is 1.90. The first-order valence-corrected chi connectivity index (χ1v) is 5.80. The summed E-state index contributed by atoms with van der Waals surface area (Å²) >= 11 is 1.21. The monoisotopic (exact) mass is 249 g/mol. The molecule has 0 atom stereocenters. The van der Waals surface area contributed by atoms with Crippen LogP contribution in [0.3, 0.4) is 0 Å². The lowest BCUT2D eigenvalue weighted by Crippen LogP contribution is -2.13. The van der Waals surface area contributed by atoms with E-state index in [1.807, 2.05) is 0 Å². The van der Waals surface area contributed by atoms with E-state index in [0.717, 1.165) is 0 Å². The molecule has 0 unspecified atom stereocenters. The topological polar surface area (TPSA) is 88.2 Å². The number of para-hydroxylation sites is 1. The number of aliphatic hydroxyl groups excluding tert-OH is 1. The van der Waals surface area contributed by atoms with Crippen molar-refractivity contribution in [2.75, 3.05) is 11.1 Å². The Balaban J connectivity index is 2.18. The Kier molecular flexibility index (Phi) is 3.36. The van der Waals surface area contributed by atoms with Crippen LogP contribution in [0.2, 0.25) is 0 Å². The number of carbonyl (C=O) groups excluding carboxylic acids is 1. The van der Waals surface area contributed by atoms with Crippen molar-refractivity contribution < 1.29 is 9.90 Å². The molecular weight excluding hydrogens is 238 g/mol. The molecule has 1 heterocycles. The number of nitrogen functional groups attached to an aromatic ring is 1. The number of thiazole rings is 1. The van der Waals surface area contributed by atoms with Crippen LogP contribution in [0.4, 0.5) is 10.8 Å². The van der Waals surface area contributed by atoms with Gasteiger partial charge in [-0.05, 0) is 6.07 Å². The number of carbonyl (C=O) groups is 1. The number of nitrogens with one attached hydrogen (secondary N) is 1. The molecule has 1 aromatic heterocycles. The smallest absolute Gasteiger partial charge is 0.275 e. The number of aliphatic hydroxyl groups is 1. The molecule has 0 bridgehead atoms. The van der Waals surface area contributed by atoms with Crippen LogP contribution in [0.5, 0.6) is 0 Å². The number of benzene rings is 1. The highest BCUT2D eigenvalue weighted by Gasteiger charge is 2.11. The van der Waals surface area contributed by atoms with Gasteiger partial charge in [0.15, 0.2) is 5.13 Å². The van der Waals surface area contributed by atoms with Crippen LogP contribution in [-0.4, -0.2) is 16.0 Å². The van der Waals surface area contributed by atoms with Crippen LogP contribution in [0, 0.1) is 0 Å². The van der Waals surface area contributed by atoms with Crippen molar-refractivity contribution in [3.63, 3.8) is 0 Å². The predicted molar refractivity (Wildman–Crippen MR) is 66.8 cm³/mol. The number of aromatic nitrogens is 1. The van der Waals surface area contributed by atoms with Crippen molar-refractivity contribution in [2.45, 2.75) is 6.61 Å². The Morgan fingerprint density at radius 1 is 1.47 bits per heavy atom. The van der Waals surface area contributed by atoms with Crippen LogP contribution in [0.1, 0.15) is 16.1 Å². The van der Waals surface area contributed by atoms with Gasteiger partial charge in [0, 0.05) is 16.6 Å². The number of amides is 1. The van der Waals surface area contributed by atoms with Gasteiger partial charge in [-0.3, -0.25) is 4.79 Å². The average molecular weight is 249 g/mol. The molecule has 6 heteroatoms. The molecule has 1 amide bonds. The van der Waals surface area contributed by atoms with E-state index in [0.29, 0.717) is 16.4 Å². The van der Waals surface area contributed by atoms with E-state index in [4.69, 9.17) is 10.8 Å². The van der Waals surface area contributed by atoms with Gasteiger partial charge in [-0.1, -0.05) is 18.2 Å². The summed E-state index contributed by atoms with van der Waals surface area (Å²) in [7, 11) is 0. The molecule has 0 aliphatic heterocycles. The predicted octanol–water partition coefficient (Wildman–Crippen LogP) is 1.47. The minimum Gasteiger partial charge on any atom is -0.392 e. The normalized spacial score (nSPS) is 10.2. The summed E-state index contributed by atoms with van der Waals surface area (Å²) in [5.74, 6) is -0.334. The summed E-state index contributed by atoms with van der Waals surface area (Å²) in [5, 5.41) is 13.7. The summed E-state index contributed by atoms with van der Waals surface area (Å²) in [6, 6.07) is 7.04. The summed E-state index contributed by atoms with van der Waals surface area (Å²) in [6.07, 6.45) is 0. The fraction of sp³-hybridized carbons (Fsp3) is 0.0909. The lowest BCUT2D eigenvalue weighted by atomic mass is 10.2. The highest BCUT2D eigenvalue weighted by molar-refractivity contribution is 7.13. The number of hydrogen-bond acceptors (Lipinski definition) is 5. The summed E-state index contributed by atoms with van der Waals surface area (Å²) in [5.41, 5.74) is 6.96. The first kappa shape index (κ1) is 11.6. The number of anilines is 2. The third-order valence-corrected chi connectivity index (χ3v) is 2.86. The maximum absolute atomic E-state index is 11.8. The SMILES string of the molecule is Nc1nc(C(=O)Nc2ccccc2CO)cs1. The van der Waals surface area contributed by atoms with Crippen molar-refractivity contribution >= 4 is 28.1 Å². The number of nitrogens with zero attached hydrogens (tertiary/aromatic N) is 1. The second kappa shape index (κ2) is 4.94. The van der Waals surface area contributed by atoms with E-state index in [1.165, 1.54) is 11.3 Å². The second-order valence-electron chi connectivity index (χ2n) is 3.34. The second-order valence-corrected chi connectivity index (χ2v) is 4.23. The molecule has 0 radical (unpaired) electrons. The highest BCUT2D eigenvalue weighted by atomic mass is 32.1. The molecule has 0 saturated heterocycles. The molecule has 0 aliphatic carbocycles. The van der Waals surface area contributed by atoms with Crippen LogP contribution in [0.15, 0.2) is 29.6 Å². The van der Waals surface area contributed by atoms with Crippen molar-refractivity contribution in [2.24, 2.45) is 0 Å². The third kappa shape index (κ3) is 2.61. The largest absolute Gasteiger partial charge is 0.392 e. The standard InChI is InChI=1S/C11H11N3O2S/c12-11-14-9(6-17-11)10(16)13-8-4-2-1-3-7(8)5-15/h1-4,6,15H,5H2,(H2,12,14)(H,13,16). The van der Waals surface area contributed by atoms with Crippen LogP contribution in [0.25, 0.3) is 0 Å². The van der Waals surface area contributed by atoms with E-state index in [1.54, 1.807) is 29.6 Å². The Bertz CT molecular complexity index is 539. The van der Waals surface area contributed by atoms with Gasteiger partial charge in [-0.15, -0.1) is 11.3 Å². The Morgan fingerprint density at radius 3 is 2.88 bits per heavy atom. The molecule has 4 N–H and O–H groups in total. The minimum atomic E-state index is -0.334. The van der Waals surface area contributed by atoms with E-state index in [9.17, 15) is 4.79 Å². The maximum Gasteiger partial charge on any atom is 0.275 e. The Labute approximate surface area is 102 Å². The van der Waals surface area contributed by atoms with Crippen LogP contribution >= 0.6 is 11.3 Å². The maximum atomic E-state index is 11.8. The van der Waals surface area contributed by atoms with Crippen molar-refractivity contribution in [3.05, 3.63) is 40.9 Å². The van der Waals surface area contributed by atoms with Gasteiger partial charge in [0.1, 0.15) is 5.69 Å². The Hall–Kier alpha value is -1.92. The molecule has 0 spiro atoms. The third-order valence-electron chi connectivity index (χ3n) is 2.19. The molecule has 5 nitrogen and oxygen atoms in total. The van der Waals surface area contributed by atoms with Gasteiger partial charge < -0.3 is 16.2 Å². The zero-order valence-corrected chi connectivity index (χ0v) is 9.70. The van der Waals surface area contributed by atoms with Crippen molar-refractivity contribution in [3.8, 4) is 0 Å². The molecule has 17 heavy (non-hydrogen) atoms. The molecule has 0 saturated carbocycles. The van der Waals surface area contributed by atoms with E-state index in [2.05, 4.69) is 10.3 Å². The van der Waals surface area contributed by atoms with Crippen LogP contribution < -0.4 is 11.1 Å². The quantitative estimate of drug-likeness (QED) is 0.768. The zero-order valence-electron chi connectivity index (χ0n) is 8.88. The van der Waals surface area contributed by atoms with Gasteiger partial charge in [-0.2, -0.15) is 0 Å². The fourth-order valence-electron chi connectivity index (χ4n) is 1.36. The highest BCUT2D eigenvalue weighted by Crippen LogP contribution is 2.17. The van der Waals surface area contributed by atoms with E-state index in [-0.39, 0.29) is 18.2 Å². The molecule has 0 aliphatic rings. The lowest BCUT2D eigenvalue weighted by Gasteiger charge is -2.07. The van der Waals surface area contributed by atoms with Gasteiger partial charge >= 0.3 is 0 Å². The number of hydrogen-bond donors (Lipinski definition) is 3. The lowest BCUT2D eigenvalue weighted by molar-refractivity contribution is 0.102. The average Bonchev–Trinajstić information content (AvgIpc) is 2.77. The van der Waals surface area contributed by atoms with Gasteiger partial charge in [0.25, 0.3) is 5.91 Å². The van der Waals surface area contributed by atoms with E-state index < -0.39 is 0 Å². The molecule has 88 valence electrons. The first-order chi connectivity index (χ1) is 8.20. The van der Waals surface area contributed by atoms with Gasteiger partial charge in [0.05, 0.1) is 6.61 Å². The summed E-state index contributed by atoms with van der Waals surface area (Å²) in [6.45, 7) is -0.129. The molecule has 2 rings (SSSR count). The molecule has 2 aromatic rings. The number of nitrogens with two attached hydrogens (primary N) is 1. The van der Waals surface area contributed by atoms with Crippen LogP contribution in [-0.2, 0) is 6.61 Å². The summed E-state index contributed by atoms with van der Waals surface area (Å²) < 4.78 is 0. The summed E-state index contributed by atoms with van der Waals surface area (Å²) in [4.78, 5) is 15.7. The minimum absolute atomic E-state index is 0.129. The molecular formula is C11H11N3O2S. The van der Waals surface area contributed by atoms with E-state index >= 15 is 0 Å². The van der Waals surface area contributed by atoms with Gasteiger partial charge in [0.2, 0.25) is 0 Å². The first-order valence-electron chi connectivity index (χ1n) is 4.92. The zero-order chi connectivity index (χ0) is 12.3. The van der Waals surface area contributed by atoms with Crippen molar-refractivity contribution in [1.29, 1.82) is 0 Å².